The summed E-state index contributed by atoms with van der Waals surface area (Å²) in [4.78, 5) is 4.56. The van der Waals surface area contributed by atoms with Gasteiger partial charge in [-0.2, -0.15) is 0 Å². The Labute approximate surface area is 155 Å². The molecule has 0 radical (unpaired) electrons. The van der Waals surface area contributed by atoms with E-state index in [1.807, 2.05) is 37.3 Å². The normalized spacial score (nSPS) is 14.8. The number of hydrogen-bond donors (Lipinski definition) is 0. The molecule has 2 aromatic carbocycles. The fourth-order valence-corrected chi connectivity index (χ4v) is 4.08. The molecule has 3 rings (SSSR count). The Balaban J connectivity index is 1.90. The standard InChI is InChI=1S/C18H17BrN2O3S/c1-13-8-10-15(11-9-13)25(22,23)21(2)18-16(19)12-20-17(24-18)14-6-4-3-5-7-14/h3-11H,12H2,1-2H3. The number of benzene rings is 2. The lowest BCUT2D eigenvalue weighted by atomic mass is 10.2. The zero-order chi connectivity index (χ0) is 18.0. The van der Waals surface area contributed by atoms with E-state index in [1.54, 1.807) is 24.3 Å². The van der Waals surface area contributed by atoms with E-state index < -0.39 is 10.0 Å². The van der Waals surface area contributed by atoms with Crippen molar-refractivity contribution < 1.29 is 13.2 Å². The topological polar surface area (TPSA) is 59.0 Å². The monoisotopic (exact) mass is 420 g/mol. The van der Waals surface area contributed by atoms with Crippen LogP contribution in [0.1, 0.15) is 11.1 Å². The lowest BCUT2D eigenvalue weighted by molar-refractivity contribution is 0.303. The van der Waals surface area contributed by atoms with Crippen LogP contribution in [0.2, 0.25) is 0 Å². The first-order valence-corrected chi connectivity index (χ1v) is 9.85. The maximum atomic E-state index is 12.9. The molecule has 0 fully saturated rings. The van der Waals surface area contributed by atoms with Crippen LogP contribution in [-0.2, 0) is 14.8 Å². The van der Waals surface area contributed by atoms with Crippen LogP contribution >= 0.6 is 15.9 Å². The van der Waals surface area contributed by atoms with Gasteiger partial charge in [-0.15, -0.1) is 0 Å². The van der Waals surface area contributed by atoms with Crippen LogP contribution in [0.4, 0.5) is 0 Å². The van der Waals surface area contributed by atoms with Crippen molar-refractivity contribution in [2.45, 2.75) is 11.8 Å². The van der Waals surface area contributed by atoms with E-state index in [-0.39, 0.29) is 10.8 Å². The molecule has 0 aliphatic carbocycles. The first-order chi connectivity index (χ1) is 11.9. The number of hydrogen-bond acceptors (Lipinski definition) is 4. The summed E-state index contributed by atoms with van der Waals surface area (Å²) in [5.41, 5.74) is 1.79. The zero-order valence-electron chi connectivity index (χ0n) is 13.8. The van der Waals surface area contributed by atoms with Crippen LogP contribution in [0.5, 0.6) is 0 Å². The quantitative estimate of drug-likeness (QED) is 0.757. The Morgan fingerprint density at radius 3 is 2.36 bits per heavy atom. The summed E-state index contributed by atoms with van der Waals surface area (Å²) >= 11 is 3.37. The Morgan fingerprint density at radius 2 is 1.72 bits per heavy atom. The molecule has 0 aromatic heterocycles. The Bertz CT molecular complexity index is 936. The molecule has 1 aliphatic heterocycles. The number of aliphatic imine (C=N–C) groups is 1. The molecule has 25 heavy (non-hydrogen) atoms. The van der Waals surface area contributed by atoms with Crippen LogP contribution in [0, 0.1) is 6.92 Å². The van der Waals surface area contributed by atoms with Gasteiger partial charge >= 0.3 is 0 Å². The van der Waals surface area contributed by atoms with Gasteiger partial charge in [0.25, 0.3) is 10.0 Å². The van der Waals surface area contributed by atoms with Crippen molar-refractivity contribution in [2.75, 3.05) is 13.6 Å². The van der Waals surface area contributed by atoms with Crippen molar-refractivity contribution in [3.05, 3.63) is 76.1 Å². The highest BCUT2D eigenvalue weighted by Gasteiger charge is 2.29. The van der Waals surface area contributed by atoms with Gasteiger partial charge in [-0.25, -0.2) is 17.7 Å². The average molecular weight is 421 g/mol. The van der Waals surface area contributed by atoms with Crippen molar-refractivity contribution in [1.82, 2.24) is 4.31 Å². The molecular weight excluding hydrogens is 404 g/mol. The minimum Gasteiger partial charge on any atom is -0.421 e. The lowest BCUT2D eigenvalue weighted by Crippen LogP contribution is -2.31. The Morgan fingerprint density at radius 1 is 1.08 bits per heavy atom. The fourth-order valence-electron chi connectivity index (χ4n) is 2.33. The van der Waals surface area contributed by atoms with Gasteiger partial charge in [-0.1, -0.05) is 35.9 Å². The highest BCUT2D eigenvalue weighted by Crippen LogP contribution is 2.28. The van der Waals surface area contributed by atoms with E-state index in [1.165, 1.54) is 7.05 Å². The molecule has 0 unspecified atom stereocenters. The third-order valence-corrected chi connectivity index (χ3v) is 6.12. The van der Waals surface area contributed by atoms with Gasteiger partial charge in [-0.3, -0.25) is 0 Å². The van der Waals surface area contributed by atoms with Crippen molar-refractivity contribution >= 4 is 31.9 Å². The molecule has 0 amide bonds. The van der Waals surface area contributed by atoms with Crippen molar-refractivity contribution in [3.63, 3.8) is 0 Å². The first-order valence-electron chi connectivity index (χ1n) is 7.61. The van der Waals surface area contributed by atoms with E-state index in [9.17, 15) is 8.42 Å². The van der Waals surface area contributed by atoms with Crippen LogP contribution < -0.4 is 0 Å². The summed E-state index contributed by atoms with van der Waals surface area (Å²) in [6, 6.07) is 16.1. The summed E-state index contributed by atoms with van der Waals surface area (Å²) in [7, 11) is -2.26. The number of aryl methyl sites for hydroxylation is 1. The van der Waals surface area contributed by atoms with Gasteiger partial charge in [0.1, 0.15) is 0 Å². The summed E-state index contributed by atoms with van der Waals surface area (Å²) in [5, 5.41) is 0. The number of halogens is 1. The van der Waals surface area contributed by atoms with E-state index in [2.05, 4.69) is 20.9 Å². The average Bonchev–Trinajstić information content (AvgIpc) is 2.62. The van der Waals surface area contributed by atoms with Gasteiger partial charge in [-0.05, 0) is 47.1 Å². The van der Waals surface area contributed by atoms with Gasteiger partial charge in [0.15, 0.2) is 0 Å². The SMILES string of the molecule is Cc1ccc(S(=O)(=O)N(C)C2=C(Br)CN=C(c3ccccc3)O2)cc1. The van der Waals surface area contributed by atoms with Gasteiger partial charge in [0.2, 0.25) is 11.8 Å². The Kier molecular flexibility index (Phi) is 4.96. The molecule has 0 saturated heterocycles. The van der Waals surface area contributed by atoms with Crippen LogP contribution in [0.15, 0.2) is 74.9 Å². The van der Waals surface area contributed by atoms with Gasteiger partial charge in [0.05, 0.1) is 15.9 Å². The second-order valence-electron chi connectivity index (χ2n) is 5.59. The predicted molar refractivity (Wildman–Crippen MR) is 101 cm³/mol. The highest BCUT2D eigenvalue weighted by molar-refractivity contribution is 9.11. The Hall–Kier alpha value is -2.12. The third-order valence-electron chi connectivity index (χ3n) is 3.77. The molecule has 5 nitrogen and oxygen atoms in total. The number of rotatable bonds is 4. The smallest absolute Gasteiger partial charge is 0.266 e. The fraction of sp³-hybridized carbons (Fsp3) is 0.167. The third kappa shape index (κ3) is 3.62. The minimum atomic E-state index is -3.73. The molecule has 7 heteroatoms. The summed E-state index contributed by atoms with van der Waals surface area (Å²) < 4.78 is 33.3. The predicted octanol–water partition coefficient (Wildman–Crippen LogP) is 3.66. The molecule has 1 heterocycles. The van der Waals surface area contributed by atoms with Crippen molar-refractivity contribution in [1.29, 1.82) is 0 Å². The molecule has 130 valence electrons. The lowest BCUT2D eigenvalue weighted by Gasteiger charge is -2.26. The van der Waals surface area contributed by atoms with E-state index in [0.29, 0.717) is 16.9 Å². The summed E-state index contributed by atoms with van der Waals surface area (Å²) in [5.74, 6) is 0.610. The zero-order valence-corrected chi connectivity index (χ0v) is 16.2. The molecule has 0 spiro atoms. The van der Waals surface area contributed by atoms with E-state index in [4.69, 9.17) is 4.74 Å². The largest absolute Gasteiger partial charge is 0.421 e. The minimum absolute atomic E-state index is 0.209. The maximum absolute atomic E-state index is 12.9. The maximum Gasteiger partial charge on any atom is 0.266 e. The second kappa shape index (κ2) is 7.01. The molecule has 0 N–H and O–H groups in total. The second-order valence-corrected chi connectivity index (χ2v) is 8.51. The van der Waals surface area contributed by atoms with E-state index in [0.717, 1.165) is 15.4 Å². The molecule has 0 bridgehead atoms. The van der Waals surface area contributed by atoms with Crippen LogP contribution in [0.3, 0.4) is 0 Å². The van der Waals surface area contributed by atoms with Crippen LogP contribution in [-0.4, -0.2) is 32.2 Å². The first kappa shape index (κ1) is 17.7. The van der Waals surface area contributed by atoms with Gasteiger partial charge in [0, 0.05) is 12.6 Å². The number of sulfonamides is 1. The van der Waals surface area contributed by atoms with E-state index >= 15 is 0 Å². The van der Waals surface area contributed by atoms with Gasteiger partial charge < -0.3 is 4.74 Å². The molecule has 0 atom stereocenters. The highest BCUT2D eigenvalue weighted by atomic mass is 79.9. The summed E-state index contributed by atoms with van der Waals surface area (Å²) in [6.07, 6.45) is 0. The molecular formula is C18H17BrN2O3S. The van der Waals surface area contributed by atoms with Crippen molar-refractivity contribution in [3.8, 4) is 0 Å². The molecule has 2 aromatic rings. The summed E-state index contributed by atoms with van der Waals surface area (Å²) in [6.45, 7) is 2.22. The number of nitrogens with zero attached hydrogens (tertiary/aromatic N) is 2. The molecule has 1 aliphatic rings. The van der Waals surface area contributed by atoms with Crippen molar-refractivity contribution in [2.24, 2.45) is 4.99 Å². The number of ether oxygens (including phenoxy) is 1. The van der Waals surface area contributed by atoms with Crippen LogP contribution in [0.25, 0.3) is 0 Å². The molecule has 0 saturated carbocycles.